The van der Waals surface area contributed by atoms with Crippen molar-refractivity contribution in [3.8, 4) is 0 Å². The molecule has 0 aromatic heterocycles. The smallest absolute Gasteiger partial charge is 0.316 e. The lowest BCUT2D eigenvalue weighted by Gasteiger charge is -2.28. The summed E-state index contributed by atoms with van der Waals surface area (Å²) < 4.78 is 32.9. The molecule has 0 amide bonds. The van der Waals surface area contributed by atoms with Crippen molar-refractivity contribution < 1.29 is 18.3 Å². The summed E-state index contributed by atoms with van der Waals surface area (Å²) in [5.74, 6) is -2.54. The summed E-state index contributed by atoms with van der Waals surface area (Å²) in [6, 6.07) is 13.1. The second-order valence-electron chi connectivity index (χ2n) is 5.32. The molecule has 116 valence electrons. The van der Waals surface area contributed by atoms with Crippen LogP contribution in [0.1, 0.15) is 25.0 Å². The van der Waals surface area contributed by atoms with E-state index in [1.54, 1.807) is 13.8 Å². The van der Waals surface area contributed by atoms with Gasteiger partial charge in [0.15, 0.2) is 11.6 Å². The topological polar surface area (TPSA) is 26.3 Å². The van der Waals surface area contributed by atoms with Crippen molar-refractivity contribution in [1.82, 2.24) is 0 Å². The molecule has 0 fully saturated rings. The molecule has 2 rings (SSSR count). The standard InChI is InChI=1S/C18H18F2O2/c1-3-22-17(21)18(2,12-13-8-5-4-6-9-13)14-10-7-11-15(19)16(14)20/h4-11H,3,12H2,1-2H3. The van der Waals surface area contributed by atoms with Crippen LogP contribution in [0.25, 0.3) is 0 Å². The molecule has 2 nitrogen and oxygen atoms in total. The first-order valence-corrected chi connectivity index (χ1v) is 7.14. The zero-order chi connectivity index (χ0) is 16.2. The Balaban J connectivity index is 2.50. The Morgan fingerprint density at radius 3 is 2.41 bits per heavy atom. The van der Waals surface area contributed by atoms with Gasteiger partial charge in [-0.15, -0.1) is 0 Å². The second-order valence-corrected chi connectivity index (χ2v) is 5.32. The monoisotopic (exact) mass is 304 g/mol. The molecule has 0 saturated heterocycles. The van der Waals surface area contributed by atoms with E-state index in [1.807, 2.05) is 30.3 Å². The zero-order valence-corrected chi connectivity index (χ0v) is 12.6. The Morgan fingerprint density at radius 2 is 1.77 bits per heavy atom. The number of benzene rings is 2. The number of carbonyl (C=O) groups excluding carboxylic acids is 1. The molecule has 0 aliphatic rings. The number of hydrogen-bond donors (Lipinski definition) is 0. The lowest BCUT2D eigenvalue weighted by atomic mass is 9.77. The van der Waals surface area contributed by atoms with E-state index in [4.69, 9.17) is 4.74 Å². The van der Waals surface area contributed by atoms with Crippen molar-refractivity contribution in [2.24, 2.45) is 0 Å². The minimum atomic E-state index is -1.29. The number of carbonyl (C=O) groups is 1. The lowest BCUT2D eigenvalue weighted by molar-refractivity contribution is -0.149. The van der Waals surface area contributed by atoms with E-state index in [-0.39, 0.29) is 18.6 Å². The van der Waals surface area contributed by atoms with Crippen molar-refractivity contribution in [3.63, 3.8) is 0 Å². The first-order valence-electron chi connectivity index (χ1n) is 7.14. The highest BCUT2D eigenvalue weighted by Crippen LogP contribution is 2.32. The molecule has 0 aliphatic heterocycles. The molecule has 1 atom stereocenters. The summed E-state index contributed by atoms with van der Waals surface area (Å²) >= 11 is 0. The molecule has 2 aromatic carbocycles. The van der Waals surface area contributed by atoms with Crippen molar-refractivity contribution >= 4 is 5.97 Å². The van der Waals surface area contributed by atoms with Crippen molar-refractivity contribution in [2.45, 2.75) is 25.7 Å². The molecule has 0 radical (unpaired) electrons. The predicted molar refractivity (Wildman–Crippen MR) is 80.5 cm³/mol. The van der Waals surface area contributed by atoms with Crippen LogP contribution in [0.15, 0.2) is 48.5 Å². The molecule has 0 N–H and O–H groups in total. The first-order chi connectivity index (χ1) is 10.5. The maximum atomic E-state index is 14.2. The zero-order valence-electron chi connectivity index (χ0n) is 12.6. The van der Waals surface area contributed by atoms with Crippen LogP contribution in [0, 0.1) is 11.6 Å². The fourth-order valence-electron chi connectivity index (χ4n) is 2.50. The van der Waals surface area contributed by atoms with Crippen LogP contribution in [0.3, 0.4) is 0 Å². The third-order valence-corrected chi connectivity index (χ3v) is 3.67. The Hall–Kier alpha value is -2.23. The minimum Gasteiger partial charge on any atom is -0.465 e. The van der Waals surface area contributed by atoms with Crippen LogP contribution in [-0.2, 0) is 21.4 Å². The fourth-order valence-corrected chi connectivity index (χ4v) is 2.50. The number of esters is 1. The number of rotatable bonds is 5. The van der Waals surface area contributed by atoms with E-state index in [1.165, 1.54) is 12.1 Å². The van der Waals surface area contributed by atoms with Crippen molar-refractivity contribution in [1.29, 1.82) is 0 Å². The third kappa shape index (κ3) is 3.16. The van der Waals surface area contributed by atoms with E-state index < -0.39 is 23.0 Å². The quantitative estimate of drug-likeness (QED) is 0.780. The minimum absolute atomic E-state index is 0.00908. The third-order valence-electron chi connectivity index (χ3n) is 3.67. The van der Waals surface area contributed by atoms with Gasteiger partial charge in [0.2, 0.25) is 0 Å². The van der Waals surface area contributed by atoms with E-state index >= 15 is 0 Å². The molecule has 22 heavy (non-hydrogen) atoms. The van der Waals surface area contributed by atoms with E-state index in [0.717, 1.165) is 11.6 Å². The molecule has 1 unspecified atom stereocenters. The van der Waals surface area contributed by atoms with Gasteiger partial charge in [-0.3, -0.25) is 4.79 Å². The molecule has 0 heterocycles. The highest BCUT2D eigenvalue weighted by Gasteiger charge is 2.39. The largest absolute Gasteiger partial charge is 0.465 e. The van der Waals surface area contributed by atoms with Gasteiger partial charge in [-0.05, 0) is 31.9 Å². The van der Waals surface area contributed by atoms with Crippen molar-refractivity contribution in [3.05, 3.63) is 71.3 Å². The molecular weight excluding hydrogens is 286 g/mol. The Kier molecular flexibility index (Phi) is 4.91. The first kappa shape index (κ1) is 16.1. The van der Waals surface area contributed by atoms with Crippen LogP contribution in [0.5, 0.6) is 0 Å². The second kappa shape index (κ2) is 6.69. The lowest BCUT2D eigenvalue weighted by Crippen LogP contribution is -2.38. The average Bonchev–Trinajstić information content (AvgIpc) is 2.51. The van der Waals surface area contributed by atoms with Gasteiger partial charge < -0.3 is 4.74 Å². The van der Waals surface area contributed by atoms with E-state index in [2.05, 4.69) is 0 Å². The summed E-state index contributed by atoms with van der Waals surface area (Å²) in [4.78, 5) is 12.4. The Bertz CT molecular complexity index is 655. The van der Waals surface area contributed by atoms with E-state index in [9.17, 15) is 13.6 Å². The van der Waals surface area contributed by atoms with Crippen LogP contribution < -0.4 is 0 Å². The molecule has 2 aromatic rings. The summed E-state index contributed by atoms with van der Waals surface area (Å²) in [6.07, 6.45) is 0.229. The molecular formula is C18H18F2O2. The van der Waals surface area contributed by atoms with E-state index in [0.29, 0.717) is 0 Å². The molecule has 0 spiro atoms. The average molecular weight is 304 g/mol. The highest BCUT2D eigenvalue weighted by atomic mass is 19.2. The number of hydrogen-bond acceptors (Lipinski definition) is 2. The van der Waals surface area contributed by atoms with Crippen molar-refractivity contribution in [2.75, 3.05) is 6.61 Å². The summed E-state index contributed by atoms with van der Waals surface area (Å²) in [6.45, 7) is 3.44. The van der Waals surface area contributed by atoms with Gasteiger partial charge in [0.25, 0.3) is 0 Å². The maximum Gasteiger partial charge on any atom is 0.316 e. The molecule has 0 saturated carbocycles. The fraction of sp³-hybridized carbons (Fsp3) is 0.278. The summed E-state index contributed by atoms with van der Waals surface area (Å²) in [5.41, 5.74) is -0.430. The van der Waals surface area contributed by atoms with Gasteiger partial charge in [-0.25, -0.2) is 8.78 Å². The molecule has 4 heteroatoms. The Morgan fingerprint density at radius 1 is 1.09 bits per heavy atom. The van der Waals surface area contributed by atoms with Gasteiger partial charge in [-0.2, -0.15) is 0 Å². The van der Waals surface area contributed by atoms with Gasteiger partial charge in [0, 0.05) is 5.56 Å². The normalized spacial score (nSPS) is 13.5. The molecule has 0 bridgehead atoms. The summed E-state index contributed by atoms with van der Waals surface area (Å²) in [5, 5.41) is 0. The number of halogens is 2. The van der Waals surface area contributed by atoms with Gasteiger partial charge in [0.05, 0.1) is 12.0 Å². The SMILES string of the molecule is CCOC(=O)C(C)(Cc1ccccc1)c1cccc(F)c1F. The van der Waals surface area contributed by atoms with Crippen LogP contribution >= 0.6 is 0 Å². The predicted octanol–water partition coefficient (Wildman–Crippen LogP) is 4.03. The maximum absolute atomic E-state index is 14.2. The summed E-state index contributed by atoms with van der Waals surface area (Å²) in [7, 11) is 0. The molecule has 0 aliphatic carbocycles. The van der Waals surface area contributed by atoms with Gasteiger partial charge >= 0.3 is 5.97 Å². The van der Waals surface area contributed by atoms with Gasteiger partial charge in [-0.1, -0.05) is 42.5 Å². The Labute approximate surface area is 128 Å². The van der Waals surface area contributed by atoms with Crippen LogP contribution in [0.2, 0.25) is 0 Å². The number of ether oxygens (including phenoxy) is 1. The van der Waals surface area contributed by atoms with Crippen LogP contribution in [0.4, 0.5) is 8.78 Å². The van der Waals surface area contributed by atoms with Crippen LogP contribution in [-0.4, -0.2) is 12.6 Å². The van der Waals surface area contributed by atoms with Gasteiger partial charge in [0.1, 0.15) is 0 Å². The highest BCUT2D eigenvalue weighted by molar-refractivity contribution is 5.83.